The molecule has 1 atom stereocenters. The number of benzene rings is 1. The lowest BCUT2D eigenvalue weighted by Gasteiger charge is -2.57. The van der Waals surface area contributed by atoms with Crippen molar-refractivity contribution >= 4 is 41.3 Å². The first-order valence-electron chi connectivity index (χ1n) is 11.1. The highest BCUT2D eigenvalue weighted by molar-refractivity contribution is 8.04. The Morgan fingerprint density at radius 3 is 2.30 bits per heavy atom. The number of carbonyl (C=O) groups is 2. The molecule has 6 rings (SSSR count). The molecule has 0 spiro atoms. The van der Waals surface area contributed by atoms with Crippen LogP contribution in [0.4, 0.5) is 0 Å². The molecule has 4 nitrogen and oxygen atoms in total. The number of thioether (sulfide) groups is 1. The Balaban J connectivity index is 1.36. The molecule has 4 bridgehead atoms. The normalized spacial score (nSPS) is 36.5. The quantitative estimate of drug-likeness (QED) is 0.634. The van der Waals surface area contributed by atoms with Crippen LogP contribution >= 0.6 is 23.4 Å². The largest absolute Gasteiger partial charge is 0.480 e. The summed E-state index contributed by atoms with van der Waals surface area (Å²) in [7, 11) is 0. The summed E-state index contributed by atoms with van der Waals surface area (Å²) in [5, 5.41) is 10.2. The average Bonchev–Trinajstić information content (AvgIpc) is 2.68. The lowest BCUT2D eigenvalue weighted by Crippen LogP contribution is -2.48. The summed E-state index contributed by atoms with van der Waals surface area (Å²) < 4.78 is 0. The first-order chi connectivity index (χ1) is 14.4. The van der Waals surface area contributed by atoms with E-state index in [9.17, 15) is 14.7 Å². The van der Waals surface area contributed by atoms with Crippen LogP contribution in [0.5, 0.6) is 0 Å². The van der Waals surface area contributed by atoms with Crippen LogP contribution in [0, 0.1) is 23.2 Å². The molecule has 5 aliphatic rings. The van der Waals surface area contributed by atoms with Gasteiger partial charge in [0.15, 0.2) is 0 Å². The number of carboxylic acid groups (broad SMARTS) is 1. The minimum Gasteiger partial charge on any atom is -0.480 e. The Labute approximate surface area is 187 Å². The van der Waals surface area contributed by atoms with Crippen LogP contribution in [0.2, 0.25) is 5.02 Å². The molecule has 4 aliphatic carbocycles. The van der Waals surface area contributed by atoms with Crippen molar-refractivity contribution in [2.45, 2.75) is 56.6 Å². The highest BCUT2D eigenvalue weighted by Gasteiger charge is 2.50. The van der Waals surface area contributed by atoms with Crippen LogP contribution in [0.1, 0.15) is 56.9 Å². The fourth-order valence-corrected chi connectivity index (χ4v) is 8.04. The minimum absolute atomic E-state index is 0.0638. The molecule has 6 heteroatoms. The second kappa shape index (κ2) is 7.90. The number of carbonyl (C=O) groups excluding carboxylic acids is 1. The first-order valence-corrected chi connectivity index (χ1v) is 12.3. The number of halogens is 1. The molecule has 4 saturated carbocycles. The van der Waals surface area contributed by atoms with Gasteiger partial charge in [-0.25, -0.2) is 0 Å². The third-order valence-electron chi connectivity index (χ3n) is 7.66. The summed E-state index contributed by atoms with van der Waals surface area (Å²) in [5.74, 6) is 1.69. The van der Waals surface area contributed by atoms with Crippen LogP contribution in [0.25, 0.3) is 6.08 Å². The molecule has 30 heavy (non-hydrogen) atoms. The smallest absolute Gasteiger partial charge is 0.317 e. The monoisotopic (exact) mass is 445 g/mol. The van der Waals surface area contributed by atoms with Gasteiger partial charge in [0.2, 0.25) is 5.91 Å². The van der Waals surface area contributed by atoms with E-state index in [0.717, 1.165) is 34.8 Å². The number of rotatable bonds is 5. The van der Waals surface area contributed by atoms with E-state index in [4.69, 9.17) is 11.6 Å². The van der Waals surface area contributed by atoms with Crippen LogP contribution < -0.4 is 0 Å². The van der Waals surface area contributed by atoms with Crippen LogP contribution in [0.3, 0.4) is 0 Å². The summed E-state index contributed by atoms with van der Waals surface area (Å²) >= 11 is 7.30. The van der Waals surface area contributed by atoms with Gasteiger partial charge in [0.25, 0.3) is 0 Å². The zero-order valence-electron chi connectivity index (χ0n) is 17.1. The first kappa shape index (κ1) is 20.4. The van der Waals surface area contributed by atoms with E-state index in [1.165, 1.54) is 50.3 Å². The molecule has 0 aromatic heterocycles. The van der Waals surface area contributed by atoms with E-state index in [2.05, 4.69) is 0 Å². The van der Waals surface area contributed by atoms with E-state index >= 15 is 0 Å². The van der Waals surface area contributed by atoms with Gasteiger partial charge in [-0.05, 0) is 91.9 Å². The maximum Gasteiger partial charge on any atom is 0.317 e. The van der Waals surface area contributed by atoms with Crippen molar-refractivity contribution in [3.63, 3.8) is 0 Å². The average molecular weight is 446 g/mol. The van der Waals surface area contributed by atoms with Crippen molar-refractivity contribution in [3.05, 3.63) is 39.9 Å². The van der Waals surface area contributed by atoms with Crippen molar-refractivity contribution in [2.24, 2.45) is 23.2 Å². The van der Waals surface area contributed by atoms with E-state index < -0.39 is 11.2 Å². The van der Waals surface area contributed by atoms with Gasteiger partial charge < -0.3 is 10.0 Å². The molecule has 1 amide bonds. The summed E-state index contributed by atoms with van der Waals surface area (Å²) in [6, 6.07) is 7.44. The molecule has 160 valence electrons. The lowest BCUT2D eigenvalue weighted by atomic mass is 9.49. The molecule has 1 heterocycles. The van der Waals surface area contributed by atoms with Crippen molar-refractivity contribution in [2.75, 3.05) is 6.54 Å². The van der Waals surface area contributed by atoms with E-state index in [-0.39, 0.29) is 12.3 Å². The van der Waals surface area contributed by atoms with E-state index in [1.807, 2.05) is 35.2 Å². The Morgan fingerprint density at radius 2 is 1.73 bits per heavy atom. The van der Waals surface area contributed by atoms with Gasteiger partial charge in [-0.3, -0.25) is 9.59 Å². The number of amides is 1. The SMILES string of the molecule is O=C(O)C1CC(=O)N(CCC23CC4CC(CC(C4)C2)C3)/C(=C/c2ccc(Cl)cc2)S1. The van der Waals surface area contributed by atoms with Gasteiger partial charge in [0.05, 0.1) is 11.4 Å². The molecular weight excluding hydrogens is 418 g/mol. The highest BCUT2D eigenvalue weighted by atomic mass is 35.5. The zero-order chi connectivity index (χ0) is 20.9. The third kappa shape index (κ3) is 4.03. The lowest BCUT2D eigenvalue weighted by molar-refractivity contribution is -0.140. The number of hydrogen-bond donors (Lipinski definition) is 1. The second-order valence-electron chi connectivity index (χ2n) is 9.90. The van der Waals surface area contributed by atoms with Gasteiger partial charge in [0, 0.05) is 11.6 Å². The van der Waals surface area contributed by atoms with Gasteiger partial charge >= 0.3 is 5.97 Å². The topological polar surface area (TPSA) is 57.6 Å². The summed E-state index contributed by atoms with van der Waals surface area (Å²) in [6.45, 7) is 0.698. The Bertz CT molecular complexity index is 846. The van der Waals surface area contributed by atoms with Crippen molar-refractivity contribution in [1.82, 2.24) is 4.90 Å². The van der Waals surface area contributed by atoms with Crippen molar-refractivity contribution in [1.29, 1.82) is 0 Å². The Hall–Kier alpha value is -1.46. The summed E-state index contributed by atoms with van der Waals surface area (Å²) in [5.41, 5.74) is 1.33. The fourth-order valence-electron chi connectivity index (χ4n) is 6.77. The maximum atomic E-state index is 13.0. The Kier molecular flexibility index (Phi) is 5.39. The number of hydrogen-bond acceptors (Lipinski definition) is 3. The molecule has 5 fully saturated rings. The predicted octanol–water partition coefficient (Wildman–Crippen LogP) is 5.66. The number of nitrogens with zero attached hydrogens (tertiary/aromatic N) is 1. The molecule has 0 radical (unpaired) electrons. The molecule has 1 N–H and O–H groups in total. The minimum atomic E-state index is -0.920. The molecule has 1 aromatic carbocycles. The standard InChI is InChI=1S/C24H28ClNO3S/c25-19-3-1-15(2-4-19)10-22-26(21(27)11-20(30-22)23(28)29)6-5-24-12-16-7-17(13-24)9-18(8-16)14-24/h1-4,10,16-18,20H,5-9,11-14H2,(H,28,29)/b22-10-. The number of carboxylic acids is 1. The summed E-state index contributed by atoms with van der Waals surface area (Å²) in [6.07, 6.45) is 11.3. The number of aliphatic carboxylic acids is 1. The van der Waals surface area contributed by atoms with Crippen LogP contribution in [0.15, 0.2) is 29.3 Å². The molecule has 1 unspecified atom stereocenters. The van der Waals surface area contributed by atoms with Gasteiger partial charge in [-0.1, -0.05) is 35.5 Å². The maximum absolute atomic E-state index is 13.0. The molecule has 1 aromatic rings. The molecule has 1 aliphatic heterocycles. The van der Waals surface area contributed by atoms with Gasteiger partial charge in [0.1, 0.15) is 5.25 Å². The predicted molar refractivity (Wildman–Crippen MR) is 120 cm³/mol. The highest BCUT2D eigenvalue weighted by Crippen LogP contribution is 2.61. The summed E-state index contributed by atoms with van der Waals surface area (Å²) in [4.78, 5) is 26.4. The third-order valence-corrected chi connectivity index (χ3v) is 9.14. The molecule has 1 saturated heterocycles. The fraction of sp³-hybridized carbons (Fsp3) is 0.583. The van der Waals surface area contributed by atoms with Crippen molar-refractivity contribution < 1.29 is 14.7 Å². The van der Waals surface area contributed by atoms with Crippen molar-refractivity contribution in [3.8, 4) is 0 Å². The van der Waals surface area contributed by atoms with E-state index in [0.29, 0.717) is 17.0 Å². The Morgan fingerprint density at radius 1 is 1.13 bits per heavy atom. The zero-order valence-corrected chi connectivity index (χ0v) is 18.6. The van der Waals surface area contributed by atoms with Gasteiger partial charge in [-0.2, -0.15) is 0 Å². The second-order valence-corrected chi connectivity index (χ2v) is 11.6. The van der Waals surface area contributed by atoms with Gasteiger partial charge in [-0.15, -0.1) is 0 Å². The van der Waals surface area contributed by atoms with E-state index in [1.54, 1.807) is 0 Å². The molecular formula is C24H28ClNO3S. The van der Waals surface area contributed by atoms with Crippen LogP contribution in [-0.2, 0) is 9.59 Å². The van der Waals surface area contributed by atoms with Crippen LogP contribution in [-0.4, -0.2) is 33.7 Å².